The molecule has 1 heterocycles. The average Bonchev–Trinajstić information content (AvgIpc) is 2.55. The Morgan fingerprint density at radius 1 is 1.26 bits per heavy atom. The maximum absolute atomic E-state index is 12.0. The molecule has 1 N–H and O–H groups in total. The summed E-state index contributed by atoms with van der Waals surface area (Å²) in [7, 11) is 2.02. The second-order valence-electron chi connectivity index (χ2n) is 5.63. The smallest absolute Gasteiger partial charge is 0.225 e. The molecule has 0 unspecified atom stereocenters. The monoisotopic (exact) mass is 331 g/mol. The van der Waals surface area contributed by atoms with E-state index in [1.54, 1.807) is 18.3 Å². The molecule has 0 aliphatic heterocycles. The van der Waals surface area contributed by atoms with Crippen LogP contribution < -0.4 is 5.32 Å². The van der Waals surface area contributed by atoms with E-state index in [4.69, 9.17) is 11.6 Å². The number of carbonyl (C=O) groups excluding carboxylic acids is 1. The molecule has 4 nitrogen and oxygen atoms in total. The number of anilines is 1. The van der Waals surface area contributed by atoms with Gasteiger partial charge in [0.1, 0.15) is 0 Å². The number of rotatable bonds is 7. The predicted octanol–water partition coefficient (Wildman–Crippen LogP) is 3.63. The second kappa shape index (κ2) is 8.65. The van der Waals surface area contributed by atoms with Gasteiger partial charge in [0.05, 0.1) is 10.7 Å². The van der Waals surface area contributed by atoms with Crippen LogP contribution in [0.1, 0.15) is 19.0 Å². The summed E-state index contributed by atoms with van der Waals surface area (Å²) in [6, 6.07) is 13.5. The van der Waals surface area contributed by atoms with Crippen molar-refractivity contribution in [1.29, 1.82) is 0 Å². The van der Waals surface area contributed by atoms with E-state index in [0.29, 0.717) is 29.7 Å². The van der Waals surface area contributed by atoms with Crippen LogP contribution in [0.15, 0.2) is 48.7 Å². The Morgan fingerprint density at radius 2 is 2.00 bits per heavy atom. The summed E-state index contributed by atoms with van der Waals surface area (Å²) in [5, 5.41) is 3.40. The van der Waals surface area contributed by atoms with Gasteiger partial charge in [0, 0.05) is 37.3 Å². The number of nitrogens with one attached hydrogen (secondary N) is 1. The van der Waals surface area contributed by atoms with Crippen LogP contribution in [-0.2, 0) is 11.2 Å². The number of aromatic nitrogens is 1. The summed E-state index contributed by atoms with van der Waals surface area (Å²) in [6.45, 7) is 2.82. The van der Waals surface area contributed by atoms with Crippen molar-refractivity contribution >= 4 is 23.2 Å². The molecule has 1 aromatic heterocycles. The fourth-order valence-corrected chi connectivity index (χ4v) is 2.43. The first-order chi connectivity index (χ1) is 11.1. The van der Waals surface area contributed by atoms with Crippen LogP contribution >= 0.6 is 11.6 Å². The van der Waals surface area contributed by atoms with E-state index in [1.807, 2.05) is 37.4 Å². The maximum Gasteiger partial charge on any atom is 0.225 e. The molecule has 0 saturated heterocycles. The number of benzene rings is 1. The van der Waals surface area contributed by atoms with Crippen molar-refractivity contribution in [3.8, 4) is 0 Å². The van der Waals surface area contributed by atoms with Crippen LogP contribution in [0.5, 0.6) is 0 Å². The largest absolute Gasteiger partial charge is 0.325 e. The van der Waals surface area contributed by atoms with Crippen LogP contribution in [0.25, 0.3) is 0 Å². The van der Waals surface area contributed by atoms with E-state index in [2.05, 4.69) is 22.1 Å². The number of amides is 1. The minimum atomic E-state index is -0.0324. The summed E-state index contributed by atoms with van der Waals surface area (Å²) in [4.78, 5) is 18.6. The third-order valence-electron chi connectivity index (χ3n) is 3.82. The lowest BCUT2D eigenvalue weighted by Crippen LogP contribution is -2.33. The van der Waals surface area contributed by atoms with Crippen molar-refractivity contribution in [2.45, 2.75) is 25.8 Å². The van der Waals surface area contributed by atoms with E-state index in [0.717, 1.165) is 12.1 Å². The predicted molar refractivity (Wildman–Crippen MR) is 94.7 cm³/mol. The molecule has 1 atom stereocenters. The molecule has 0 radical (unpaired) electrons. The maximum atomic E-state index is 12.0. The third-order valence-corrected chi connectivity index (χ3v) is 4.15. The molecule has 2 rings (SSSR count). The van der Waals surface area contributed by atoms with Gasteiger partial charge in [0.15, 0.2) is 0 Å². The zero-order chi connectivity index (χ0) is 16.7. The lowest BCUT2D eigenvalue weighted by Gasteiger charge is -2.24. The van der Waals surface area contributed by atoms with Gasteiger partial charge in [-0.3, -0.25) is 9.78 Å². The summed E-state index contributed by atoms with van der Waals surface area (Å²) >= 11 is 6.04. The Balaban J connectivity index is 1.78. The Kier molecular flexibility index (Phi) is 6.56. The van der Waals surface area contributed by atoms with Gasteiger partial charge in [-0.1, -0.05) is 29.8 Å². The van der Waals surface area contributed by atoms with Crippen molar-refractivity contribution < 1.29 is 4.79 Å². The van der Waals surface area contributed by atoms with Gasteiger partial charge in [0.2, 0.25) is 5.91 Å². The molecule has 2 aromatic rings. The Bertz CT molecular complexity index is 633. The quantitative estimate of drug-likeness (QED) is 0.842. The number of nitrogens with zero attached hydrogens (tertiary/aromatic N) is 2. The van der Waals surface area contributed by atoms with E-state index < -0.39 is 0 Å². The molecule has 0 bridgehead atoms. The van der Waals surface area contributed by atoms with Crippen LogP contribution in [0, 0.1) is 0 Å². The van der Waals surface area contributed by atoms with Crippen molar-refractivity contribution in [3.63, 3.8) is 0 Å². The number of halogens is 1. The van der Waals surface area contributed by atoms with E-state index in [9.17, 15) is 4.79 Å². The second-order valence-corrected chi connectivity index (χ2v) is 6.04. The molecule has 0 saturated carbocycles. The minimum Gasteiger partial charge on any atom is -0.325 e. The Hall–Kier alpha value is -1.91. The van der Waals surface area contributed by atoms with E-state index in [-0.39, 0.29) is 5.91 Å². The summed E-state index contributed by atoms with van der Waals surface area (Å²) in [6.07, 6.45) is 3.09. The average molecular weight is 332 g/mol. The summed E-state index contributed by atoms with van der Waals surface area (Å²) < 4.78 is 0. The molecule has 0 aliphatic rings. The number of pyridine rings is 1. The number of hydrogen-bond donors (Lipinski definition) is 1. The minimum absolute atomic E-state index is 0.0324. The molecule has 0 fully saturated rings. The molecular formula is C18H22ClN3O. The van der Waals surface area contributed by atoms with Crippen molar-refractivity contribution in [2.24, 2.45) is 0 Å². The molecule has 1 aromatic carbocycles. The lowest BCUT2D eigenvalue weighted by molar-refractivity contribution is -0.116. The molecule has 0 spiro atoms. The SMILES string of the molecule is C[C@H](Cc1ccccn1)N(C)CCC(=O)Nc1ccccc1Cl. The van der Waals surface area contributed by atoms with Crippen LogP contribution in [0.4, 0.5) is 5.69 Å². The Labute approximate surface area is 142 Å². The van der Waals surface area contributed by atoms with Crippen LogP contribution in [0.2, 0.25) is 5.02 Å². The zero-order valence-electron chi connectivity index (χ0n) is 13.5. The van der Waals surface area contributed by atoms with Crippen molar-refractivity contribution in [3.05, 3.63) is 59.4 Å². The number of carbonyl (C=O) groups is 1. The highest BCUT2D eigenvalue weighted by Crippen LogP contribution is 2.20. The van der Waals surface area contributed by atoms with Crippen LogP contribution in [-0.4, -0.2) is 35.4 Å². The van der Waals surface area contributed by atoms with E-state index >= 15 is 0 Å². The zero-order valence-corrected chi connectivity index (χ0v) is 14.3. The van der Waals surface area contributed by atoms with Gasteiger partial charge < -0.3 is 10.2 Å². The lowest BCUT2D eigenvalue weighted by atomic mass is 10.1. The molecule has 0 aliphatic carbocycles. The van der Waals surface area contributed by atoms with Gasteiger partial charge in [0.25, 0.3) is 0 Å². The third kappa shape index (κ3) is 5.66. The molecule has 122 valence electrons. The van der Waals surface area contributed by atoms with Gasteiger partial charge in [-0.05, 0) is 38.2 Å². The van der Waals surface area contributed by atoms with Gasteiger partial charge in [-0.25, -0.2) is 0 Å². The van der Waals surface area contributed by atoms with Gasteiger partial charge in [-0.15, -0.1) is 0 Å². The van der Waals surface area contributed by atoms with E-state index in [1.165, 1.54) is 0 Å². The molecule has 5 heteroatoms. The first-order valence-corrected chi connectivity index (χ1v) is 8.08. The van der Waals surface area contributed by atoms with Crippen LogP contribution in [0.3, 0.4) is 0 Å². The molecule has 1 amide bonds. The van der Waals surface area contributed by atoms with Crippen molar-refractivity contribution in [2.75, 3.05) is 18.9 Å². The number of para-hydroxylation sites is 1. The first-order valence-electron chi connectivity index (χ1n) is 7.71. The molecular weight excluding hydrogens is 310 g/mol. The fraction of sp³-hybridized carbons (Fsp3) is 0.333. The number of hydrogen-bond acceptors (Lipinski definition) is 3. The Morgan fingerprint density at radius 3 is 2.70 bits per heavy atom. The standard InChI is InChI=1S/C18H22ClN3O/c1-14(13-15-7-5-6-11-20-15)22(2)12-10-18(23)21-17-9-4-3-8-16(17)19/h3-9,11,14H,10,12-13H2,1-2H3,(H,21,23)/t14-/m1/s1. The highest BCUT2D eigenvalue weighted by atomic mass is 35.5. The fourth-order valence-electron chi connectivity index (χ4n) is 2.25. The molecule has 23 heavy (non-hydrogen) atoms. The highest BCUT2D eigenvalue weighted by molar-refractivity contribution is 6.33. The van der Waals surface area contributed by atoms with Gasteiger partial charge in [-0.2, -0.15) is 0 Å². The summed E-state index contributed by atoms with van der Waals surface area (Å²) in [5.74, 6) is -0.0324. The highest BCUT2D eigenvalue weighted by Gasteiger charge is 2.13. The van der Waals surface area contributed by atoms with Crippen molar-refractivity contribution in [1.82, 2.24) is 9.88 Å². The normalized spacial score (nSPS) is 12.2. The summed E-state index contributed by atoms with van der Waals surface area (Å²) in [5.41, 5.74) is 1.72. The number of likely N-dealkylation sites (N-methyl/N-ethyl adjacent to an activating group) is 1. The topological polar surface area (TPSA) is 45.2 Å². The van der Waals surface area contributed by atoms with Gasteiger partial charge >= 0.3 is 0 Å². The first kappa shape index (κ1) is 17.4.